The number of benzene rings is 1. The lowest BCUT2D eigenvalue weighted by Crippen LogP contribution is -2.48. The van der Waals surface area contributed by atoms with E-state index in [0.717, 1.165) is 12.1 Å². The zero-order valence-electron chi connectivity index (χ0n) is 14.9. The highest BCUT2D eigenvalue weighted by Crippen LogP contribution is 2.37. The molecule has 1 saturated heterocycles. The summed E-state index contributed by atoms with van der Waals surface area (Å²) in [5.74, 6) is 0.816. The largest absolute Gasteiger partial charge is 0.493 e. The number of ether oxygens (including phenoxy) is 2. The lowest BCUT2D eigenvalue weighted by atomic mass is 10.0. The van der Waals surface area contributed by atoms with Crippen LogP contribution < -0.4 is 14.8 Å². The fraction of sp³-hybridized carbons (Fsp3) is 0.368. The van der Waals surface area contributed by atoms with E-state index in [1.807, 2.05) is 24.0 Å². The highest BCUT2D eigenvalue weighted by Gasteiger charge is 2.29. The third-order valence-electron chi connectivity index (χ3n) is 4.34. The monoisotopic (exact) mass is 375 g/mol. The van der Waals surface area contributed by atoms with Gasteiger partial charge in [0.1, 0.15) is 0 Å². The Kier molecular flexibility index (Phi) is 5.96. The van der Waals surface area contributed by atoms with Crippen LogP contribution in [0.5, 0.6) is 11.5 Å². The van der Waals surface area contributed by atoms with Gasteiger partial charge in [0.15, 0.2) is 11.5 Å². The number of rotatable bonds is 5. The van der Waals surface area contributed by atoms with E-state index in [0.29, 0.717) is 41.8 Å². The average molecular weight is 376 g/mol. The smallest absolute Gasteiger partial charge is 0.254 e. The molecule has 0 saturated carbocycles. The lowest BCUT2D eigenvalue weighted by molar-refractivity contribution is 0.0633. The molecular formula is C19H22ClN3O3. The first-order valence-corrected chi connectivity index (χ1v) is 8.95. The fourth-order valence-electron chi connectivity index (χ4n) is 3.11. The summed E-state index contributed by atoms with van der Waals surface area (Å²) in [5, 5.41) is 3.70. The van der Waals surface area contributed by atoms with E-state index < -0.39 is 0 Å². The molecule has 1 amide bonds. The van der Waals surface area contributed by atoms with Gasteiger partial charge in [0.05, 0.1) is 24.8 Å². The third kappa shape index (κ3) is 3.76. The van der Waals surface area contributed by atoms with Gasteiger partial charge in [-0.15, -0.1) is 0 Å². The molecule has 1 aliphatic rings. The number of carbonyl (C=O) groups excluding carboxylic acids is 1. The first-order valence-electron chi connectivity index (χ1n) is 8.57. The summed E-state index contributed by atoms with van der Waals surface area (Å²) in [6.45, 7) is 4.35. The van der Waals surface area contributed by atoms with Gasteiger partial charge in [-0.25, -0.2) is 0 Å². The van der Waals surface area contributed by atoms with Gasteiger partial charge in [-0.2, -0.15) is 0 Å². The number of nitrogens with zero attached hydrogens (tertiary/aromatic N) is 2. The summed E-state index contributed by atoms with van der Waals surface area (Å²) in [5.41, 5.74) is 1.48. The standard InChI is InChI=1S/C19H22ClN3O3/c1-3-26-18-15(20)9-14(10-17(18)25-2)19(24)23-8-7-22-12-16(23)13-5-4-6-21-11-13/h4-6,9-11,16,22H,3,7-8,12H2,1-2H3. The number of pyridine rings is 1. The van der Waals surface area contributed by atoms with E-state index in [1.165, 1.54) is 7.11 Å². The van der Waals surface area contributed by atoms with Crippen molar-refractivity contribution >= 4 is 17.5 Å². The normalized spacial score (nSPS) is 17.0. The molecule has 1 aromatic heterocycles. The molecule has 1 aromatic carbocycles. The second-order valence-electron chi connectivity index (χ2n) is 5.93. The molecule has 3 rings (SSSR count). The Morgan fingerprint density at radius 3 is 3.00 bits per heavy atom. The maximum absolute atomic E-state index is 13.2. The molecule has 1 N–H and O–H groups in total. The molecule has 1 atom stereocenters. The Morgan fingerprint density at radius 2 is 2.31 bits per heavy atom. The molecular weight excluding hydrogens is 354 g/mol. The van der Waals surface area contributed by atoms with Crippen molar-refractivity contribution in [3.05, 3.63) is 52.8 Å². The Morgan fingerprint density at radius 1 is 1.46 bits per heavy atom. The minimum Gasteiger partial charge on any atom is -0.493 e. The van der Waals surface area contributed by atoms with Crippen LogP contribution in [0.4, 0.5) is 0 Å². The Bertz CT molecular complexity index is 770. The number of amides is 1. The molecule has 0 aliphatic carbocycles. The summed E-state index contributed by atoms with van der Waals surface area (Å²) in [7, 11) is 1.53. The van der Waals surface area contributed by atoms with Crippen molar-refractivity contribution in [3.8, 4) is 11.5 Å². The minimum atomic E-state index is -0.0939. The van der Waals surface area contributed by atoms with E-state index in [4.69, 9.17) is 21.1 Å². The average Bonchev–Trinajstić information content (AvgIpc) is 2.69. The minimum absolute atomic E-state index is 0.0821. The van der Waals surface area contributed by atoms with E-state index >= 15 is 0 Å². The van der Waals surface area contributed by atoms with Crippen LogP contribution in [0.15, 0.2) is 36.7 Å². The highest BCUT2D eigenvalue weighted by molar-refractivity contribution is 6.32. The van der Waals surface area contributed by atoms with Crippen LogP contribution in [0.3, 0.4) is 0 Å². The van der Waals surface area contributed by atoms with Crippen molar-refractivity contribution in [1.82, 2.24) is 15.2 Å². The molecule has 26 heavy (non-hydrogen) atoms. The van der Waals surface area contributed by atoms with E-state index in [2.05, 4.69) is 10.3 Å². The van der Waals surface area contributed by atoms with Crippen molar-refractivity contribution in [2.75, 3.05) is 33.4 Å². The summed E-state index contributed by atoms with van der Waals surface area (Å²) in [4.78, 5) is 19.2. The molecule has 0 spiro atoms. The van der Waals surface area contributed by atoms with E-state index in [1.54, 1.807) is 24.5 Å². The van der Waals surface area contributed by atoms with Gasteiger partial charge in [-0.3, -0.25) is 9.78 Å². The number of aromatic nitrogens is 1. The number of piperazine rings is 1. The number of halogens is 1. The molecule has 1 unspecified atom stereocenters. The number of methoxy groups -OCH3 is 1. The molecule has 2 aromatic rings. The summed E-state index contributed by atoms with van der Waals surface area (Å²) in [6.07, 6.45) is 3.52. The van der Waals surface area contributed by atoms with Crippen LogP contribution in [0.2, 0.25) is 5.02 Å². The predicted octanol–water partition coefficient (Wildman–Crippen LogP) is 2.93. The van der Waals surface area contributed by atoms with Gasteiger partial charge >= 0.3 is 0 Å². The quantitative estimate of drug-likeness (QED) is 0.870. The molecule has 7 heteroatoms. The molecule has 1 aliphatic heterocycles. The second kappa shape index (κ2) is 8.38. The van der Waals surface area contributed by atoms with Crippen molar-refractivity contribution in [3.63, 3.8) is 0 Å². The van der Waals surface area contributed by atoms with Gasteiger partial charge in [0, 0.05) is 37.6 Å². The molecule has 6 nitrogen and oxygen atoms in total. The summed E-state index contributed by atoms with van der Waals surface area (Å²) >= 11 is 6.33. The van der Waals surface area contributed by atoms with Crippen LogP contribution in [-0.2, 0) is 0 Å². The zero-order chi connectivity index (χ0) is 18.5. The number of hydrogen-bond donors (Lipinski definition) is 1. The van der Waals surface area contributed by atoms with Gasteiger partial charge in [-0.1, -0.05) is 17.7 Å². The van der Waals surface area contributed by atoms with Gasteiger partial charge in [-0.05, 0) is 30.7 Å². The van der Waals surface area contributed by atoms with Crippen molar-refractivity contribution < 1.29 is 14.3 Å². The van der Waals surface area contributed by atoms with Crippen molar-refractivity contribution in [1.29, 1.82) is 0 Å². The molecule has 138 valence electrons. The molecule has 1 fully saturated rings. The van der Waals surface area contributed by atoms with Crippen LogP contribution >= 0.6 is 11.6 Å². The fourth-order valence-corrected chi connectivity index (χ4v) is 3.38. The maximum Gasteiger partial charge on any atom is 0.254 e. The Hall–Kier alpha value is -2.31. The van der Waals surface area contributed by atoms with Gasteiger partial charge in [0.25, 0.3) is 5.91 Å². The second-order valence-corrected chi connectivity index (χ2v) is 6.33. The highest BCUT2D eigenvalue weighted by atomic mass is 35.5. The molecule has 0 radical (unpaired) electrons. The topological polar surface area (TPSA) is 63.7 Å². The van der Waals surface area contributed by atoms with Gasteiger partial charge in [0.2, 0.25) is 0 Å². The van der Waals surface area contributed by atoms with Gasteiger partial charge < -0.3 is 19.7 Å². The van der Waals surface area contributed by atoms with E-state index in [9.17, 15) is 4.79 Å². The zero-order valence-corrected chi connectivity index (χ0v) is 15.6. The lowest BCUT2D eigenvalue weighted by Gasteiger charge is -2.36. The maximum atomic E-state index is 13.2. The van der Waals surface area contributed by atoms with Crippen LogP contribution in [0, 0.1) is 0 Å². The number of nitrogens with one attached hydrogen (secondary N) is 1. The molecule has 0 bridgehead atoms. The Balaban J connectivity index is 1.93. The number of hydrogen-bond acceptors (Lipinski definition) is 5. The van der Waals surface area contributed by atoms with Crippen molar-refractivity contribution in [2.24, 2.45) is 0 Å². The van der Waals surface area contributed by atoms with Crippen LogP contribution in [0.1, 0.15) is 28.9 Å². The SMILES string of the molecule is CCOc1c(Cl)cc(C(=O)N2CCNCC2c2cccnc2)cc1OC. The first-order chi connectivity index (χ1) is 12.7. The first kappa shape index (κ1) is 18.5. The molecule has 2 heterocycles. The predicted molar refractivity (Wildman–Crippen MR) is 100 cm³/mol. The van der Waals surface area contributed by atoms with Crippen molar-refractivity contribution in [2.45, 2.75) is 13.0 Å². The summed E-state index contributed by atoms with van der Waals surface area (Å²) < 4.78 is 10.9. The van der Waals surface area contributed by atoms with E-state index in [-0.39, 0.29) is 11.9 Å². The Labute approximate surface area is 158 Å². The van der Waals surface area contributed by atoms with Crippen LogP contribution in [-0.4, -0.2) is 49.1 Å². The number of carbonyl (C=O) groups is 1. The third-order valence-corrected chi connectivity index (χ3v) is 4.62. The summed E-state index contributed by atoms with van der Waals surface area (Å²) in [6, 6.07) is 7.10. The van der Waals surface area contributed by atoms with Crippen LogP contribution in [0.25, 0.3) is 0 Å².